The highest BCUT2D eigenvalue weighted by Crippen LogP contribution is 2.25. The molecule has 0 aliphatic heterocycles. The molecule has 98 valence electrons. The molecule has 0 aliphatic carbocycles. The first-order valence-corrected chi connectivity index (χ1v) is 5.72. The summed E-state index contributed by atoms with van der Waals surface area (Å²) in [7, 11) is 2.96. The number of hydrogen-bond donors (Lipinski definition) is 1. The van der Waals surface area contributed by atoms with Crippen LogP contribution in [0.1, 0.15) is 24.2 Å². The molecule has 0 heterocycles. The molecule has 0 unspecified atom stereocenters. The van der Waals surface area contributed by atoms with Gasteiger partial charge < -0.3 is 14.8 Å². The molecule has 0 aromatic heterocycles. The topological polar surface area (TPSA) is 47.6 Å². The lowest BCUT2D eigenvalue weighted by Crippen LogP contribution is -2.05. The molecular weight excluding hydrogens is 230 g/mol. The molecule has 0 aliphatic rings. The molecule has 0 fully saturated rings. The second-order valence-corrected chi connectivity index (χ2v) is 4.07. The minimum absolute atomic E-state index is 0.358. The zero-order valence-electron chi connectivity index (χ0n) is 11.2. The Kier molecular flexibility index (Phi) is 5.24. The third-order valence-electron chi connectivity index (χ3n) is 2.42. The maximum Gasteiger partial charge on any atom is 0.337 e. The summed E-state index contributed by atoms with van der Waals surface area (Å²) in [4.78, 5) is 11.4. The van der Waals surface area contributed by atoms with E-state index in [1.807, 2.05) is 13.8 Å². The Bertz CT molecular complexity index is 448. The molecule has 0 saturated carbocycles. The number of ether oxygens (including phenoxy) is 2. The molecule has 1 rings (SSSR count). The van der Waals surface area contributed by atoms with Crippen molar-refractivity contribution >= 4 is 11.7 Å². The van der Waals surface area contributed by atoms with Crippen LogP contribution in [0.4, 0.5) is 5.69 Å². The van der Waals surface area contributed by atoms with E-state index in [-0.39, 0.29) is 5.97 Å². The first kappa shape index (κ1) is 14.1. The van der Waals surface area contributed by atoms with E-state index in [4.69, 9.17) is 4.74 Å². The summed E-state index contributed by atoms with van der Waals surface area (Å²) in [6.07, 6.45) is 2.06. The number of benzene rings is 1. The fourth-order valence-electron chi connectivity index (χ4n) is 1.46. The number of rotatable bonds is 5. The predicted molar refractivity (Wildman–Crippen MR) is 72.3 cm³/mol. The van der Waals surface area contributed by atoms with Crippen LogP contribution in [0, 0.1) is 0 Å². The Hall–Kier alpha value is -1.97. The molecule has 4 nitrogen and oxygen atoms in total. The van der Waals surface area contributed by atoms with E-state index in [2.05, 4.69) is 16.1 Å². The Labute approximate surface area is 108 Å². The van der Waals surface area contributed by atoms with E-state index in [9.17, 15) is 4.79 Å². The highest BCUT2D eigenvalue weighted by atomic mass is 16.5. The maximum absolute atomic E-state index is 11.4. The van der Waals surface area contributed by atoms with Crippen LogP contribution in [0.5, 0.6) is 5.75 Å². The van der Waals surface area contributed by atoms with Gasteiger partial charge in [0.1, 0.15) is 5.75 Å². The SMILES string of the molecule is COC(=O)c1ccc(OC)c(NCC=C(C)C)c1. The van der Waals surface area contributed by atoms with Crippen molar-refractivity contribution in [3.8, 4) is 5.75 Å². The fraction of sp³-hybridized carbons (Fsp3) is 0.357. The maximum atomic E-state index is 11.4. The Morgan fingerprint density at radius 1 is 1.33 bits per heavy atom. The lowest BCUT2D eigenvalue weighted by molar-refractivity contribution is 0.0601. The number of methoxy groups -OCH3 is 2. The van der Waals surface area contributed by atoms with Crippen molar-refractivity contribution in [1.82, 2.24) is 0 Å². The molecule has 0 bridgehead atoms. The van der Waals surface area contributed by atoms with E-state index in [1.54, 1.807) is 25.3 Å². The van der Waals surface area contributed by atoms with Gasteiger partial charge in [-0.3, -0.25) is 0 Å². The number of hydrogen-bond acceptors (Lipinski definition) is 4. The van der Waals surface area contributed by atoms with Crippen LogP contribution in [-0.4, -0.2) is 26.7 Å². The van der Waals surface area contributed by atoms with Gasteiger partial charge in [-0.2, -0.15) is 0 Å². The van der Waals surface area contributed by atoms with Crippen molar-refractivity contribution in [1.29, 1.82) is 0 Å². The van der Waals surface area contributed by atoms with Gasteiger partial charge in [0.05, 0.1) is 25.5 Å². The van der Waals surface area contributed by atoms with Crippen molar-refractivity contribution in [2.24, 2.45) is 0 Å². The predicted octanol–water partition coefficient (Wildman–Crippen LogP) is 2.86. The summed E-state index contributed by atoms with van der Waals surface area (Å²) >= 11 is 0. The van der Waals surface area contributed by atoms with Crippen LogP contribution in [-0.2, 0) is 4.74 Å². The Morgan fingerprint density at radius 2 is 2.06 bits per heavy atom. The average Bonchev–Trinajstić information content (AvgIpc) is 2.37. The van der Waals surface area contributed by atoms with Crippen molar-refractivity contribution in [3.63, 3.8) is 0 Å². The van der Waals surface area contributed by atoms with Crippen molar-refractivity contribution < 1.29 is 14.3 Å². The molecule has 4 heteroatoms. The van der Waals surface area contributed by atoms with Crippen molar-refractivity contribution in [3.05, 3.63) is 35.4 Å². The number of carbonyl (C=O) groups is 1. The van der Waals surface area contributed by atoms with Crippen molar-refractivity contribution in [2.75, 3.05) is 26.1 Å². The van der Waals surface area contributed by atoms with E-state index >= 15 is 0 Å². The van der Waals surface area contributed by atoms with Crippen LogP contribution >= 0.6 is 0 Å². The van der Waals surface area contributed by atoms with Crippen molar-refractivity contribution in [2.45, 2.75) is 13.8 Å². The molecule has 0 atom stereocenters. The van der Waals surface area contributed by atoms with E-state index < -0.39 is 0 Å². The molecule has 0 radical (unpaired) electrons. The van der Waals surface area contributed by atoms with Crippen LogP contribution in [0.2, 0.25) is 0 Å². The molecule has 0 spiro atoms. The Morgan fingerprint density at radius 3 is 2.61 bits per heavy atom. The summed E-state index contributed by atoms with van der Waals surface area (Å²) in [6, 6.07) is 5.15. The standard InChI is InChI=1S/C14H19NO3/c1-10(2)7-8-15-12-9-11(14(16)18-4)5-6-13(12)17-3/h5-7,9,15H,8H2,1-4H3. The normalized spacial score (nSPS) is 9.56. The molecule has 18 heavy (non-hydrogen) atoms. The number of anilines is 1. The third kappa shape index (κ3) is 3.80. The Balaban J connectivity index is 2.92. The largest absolute Gasteiger partial charge is 0.495 e. The fourth-order valence-corrected chi connectivity index (χ4v) is 1.46. The smallest absolute Gasteiger partial charge is 0.337 e. The first-order valence-electron chi connectivity index (χ1n) is 5.72. The zero-order valence-corrected chi connectivity index (χ0v) is 11.2. The molecule has 0 saturated heterocycles. The van der Waals surface area contributed by atoms with Crippen LogP contribution in [0.25, 0.3) is 0 Å². The number of nitrogens with one attached hydrogen (secondary N) is 1. The van der Waals surface area contributed by atoms with Gasteiger partial charge >= 0.3 is 5.97 Å². The third-order valence-corrected chi connectivity index (χ3v) is 2.42. The summed E-state index contributed by atoms with van der Waals surface area (Å²) in [6.45, 7) is 4.75. The van der Waals surface area contributed by atoms with Gasteiger partial charge in [-0.15, -0.1) is 0 Å². The second-order valence-electron chi connectivity index (χ2n) is 4.07. The lowest BCUT2D eigenvalue weighted by Gasteiger charge is -2.11. The summed E-state index contributed by atoms with van der Waals surface area (Å²) in [5.74, 6) is 0.340. The van der Waals surface area contributed by atoms with Gasteiger partial charge in [-0.25, -0.2) is 4.79 Å². The van der Waals surface area contributed by atoms with Gasteiger partial charge in [-0.05, 0) is 32.0 Å². The van der Waals surface area contributed by atoms with E-state index in [0.717, 1.165) is 5.69 Å². The summed E-state index contributed by atoms with van der Waals surface area (Å²) < 4.78 is 9.92. The molecule has 0 amide bonds. The minimum Gasteiger partial charge on any atom is -0.495 e. The molecule has 1 aromatic carbocycles. The highest BCUT2D eigenvalue weighted by molar-refractivity contribution is 5.91. The first-order chi connectivity index (χ1) is 8.58. The number of allylic oxidation sites excluding steroid dienone is 1. The van der Waals surface area contributed by atoms with Crippen LogP contribution in [0.3, 0.4) is 0 Å². The molecule has 1 aromatic rings. The average molecular weight is 249 g/mol. The highest BCUT2D eigenvalue weighted by Gasteiger charge is 2.09. The van der Waals surface area contributed by atoms with Gasteiger partial charge in [0, 0.05) is 6.54 Å². The van der Waals surface area contributed by atoms with Gasteiger partial charge in [0.2, 0.25) is 0 Å². The molecular formula is C14H19NO3. The minimum atomic E-state index is -0.358. The second kappa shape index (κ2) is 6.69. The van der Waals surface area contributed by atoms with Crippen LogP contribution in [0.15, 0.2) is 29.8 Å². The monoisotopic (exact) mass is 249 g/mol. The number of esters is 1. The summed E-state index contributed by atoms with van der Waals surface area (Å²) in [5, 5.41) is 3.21. The quantitative estimate of drug-likeness (QED) is 0.644. The van der Waals surface area contributed by atoms with Crippen LogP contribution < -0.4 is 10.1 Å². The zero-order chi connectivity index (χ0) is 13.5. The summed E-state index contributed by atoms with van der Waals surface area (Å²) in [5.41, 5.74) is 2.50. The lowest BCUT2D eigenvalue weighted by atomic mass is 10.2. The van der Waals surface area contributed by atoms with Gasteiger partial charge in [0.15, 0.2) is 0 Å². The number of carbonyl (C=O) groups excluding carboxylic acids is 1. The van der Waals surface area contributed by atoms with E-state index in [0.29, 0.717) is 17.9 Å². The van der Waals surface area contributed by atoms with E-state index in [1.165, 1.54) is 12.7 Å². The van der Waals surface area contributed by atoms with Gasteiger partial charge in [-0.1, -0.05) is 11.6 Å². The molecule has 1 N–H and O–H groups in total. The van der Waals surface area contributed by atoms with Gasteiger partial charge in [0.25, 0.3) is 0 Å².